The molecule has 0 fully saturated rings. The molecule has 1 aromatic heterocycles. The van der Waals surface area contributed by atoms with Crippen molar-refractivity contribution in [2.45, 2.75) is 11.4 Å². The second-order valence-corrected chi connectivity index (χ2v) is 6.32. The molecule has 0 saturated heterocycles. The van der Waals surface area contributed by atoms with Crippen LogP contribution in [0.2, 0.25) is 0 Å². The Hall–Kier alpha value is -1.99. The number of rotatable bonds is 2. The van der Waals surface area contributed by atoms with Crippen LogP contribution in [0.1, 0.15) is 11.9 Å². The summed E-state index contributed by atoms with van der Waals surface area (Å²) in [6.45, 7) is 0. The summed E-state index contributed by atoms with van der Waals surface area (Å²) in [5, 5.41) is -0.206. The maximum absolute atomic E-state index is 11.6. The van der Waals surface area contributed by atoms with Gasteiger partial charge >= 0.3 is 0 Å². The molecule has 1 unspecified atom stereocenters. The van der Waals surface area contributed by atoms with E-state index >= 15 is 0 Å². The quantitative estimate of drug-likeness (QED) is 0.782. The fraction of sp³-hybridized carbons (Fsp3) is 0.231. The van der Waals surface area contributed by atoms with Crippen molar-refractivity contribution in [3.05, 3.63) is 36.0 Å². The molecular formula is C13H12N2O4S. The Labute approximate surface area is 116 Å². The maximum atomic E-state index is 11.6. The number of methoxy groups -OCH3 is 1. The lowest BCUT2D eigenvalue weighted by Crippen LogP contribution is -2.18. The molecular weight excluding hydrogens is 280 g/mol. The molecule has 1 aromatic carbocycles. The monoisotopic (exact) mass is 292 g/mol. The van der Waals surface area contributed by atoms with E-state index in [0.29, 0.717) is 17.0 Å². The standard InChI is InChI=1S/C13H12N2O4S/c1-18-12-9-7-14-13(20(2,16)17)15-11(9)8-5-3-4-6-10(8)19-12/h3-7,12H,1-2H3. The molecule has 0 bridgehead atoms. The Balaban J connectivity index is 2.27. The van der Waals surface area contributed by atoms with Gasteiger partial charge in [-0.3, -0.25) is 0 Å². The summed E-state index contributed by atoms with van der Waals surface area (Å²) in [5.74, 6) is 0.602. The Bertz CT molecular complexity index is 774. The van der Waals surface area contributed by atoms with Crippen LogP contribution >= 0.6 is 0 Å². The van der Waals surface area contributed by atoms with Crippen LogP contribution in [0, 0.1) is 0 Å². The molecule has 2 heterocycles. The molecule has 20 heavy (non-hydrogen) atoms. The van der Waals surface area contributed by atoms with Crippen molar-refractivity contribution in [1.82, 2.24) is 9.97 Å². The van der Waals surface area contributed by atoms with E-state index in [1.807, 2.05) is 18.2 Å². The Morgan fingerprint density at radius 2 is 2.05 bits per heavy atom. The second-order valence-electron chi connectivity index (χ2n) is 4.41. The highest BCUT2D eigenvalue weighted by atomic mass is 32.2. The predicted molar refractivity (Wildman–Crippen MR) is 71.0 cm³/mol. The van der Waals surface area contributed by atoms with Gasteiger partial charge in [0.1, 0.15) is 5.75 Å². The number of ether oxygens (including phenoxy) is 2. The van der Waals surface area contributed by atoms with Gasteiger partial charge in [0.15, 0.2) is 0 Å². The molecule has 1 aliphatic rings. The van der Waals surface area contributed by atoms with Crippen LogP contribution in [0.25, 0.3) is 11.3 Å². The summed E-state index contributed by atoms with van der Waals surface area (Å²) in [7, 11) is -1.96. The zero-order chi connectivity index (χ0) is 14.3. The Morgan fingerprint density at radius 1 is 1.30 bits per heavy atom. The maximum Gasteiger partial charge on any atom is 0.247 e. The molecule has 6 nitrogen and oxygen atoms in total. The molecule has 104 valence electrons. The van der Waals surface area contributed by atoms with Gasteiger partial charge < -0.3 is 9.47 Å². The SMILES string of the molecule is COC1Oc2ccccc2-c2nc(S(C)(=O)=O)ncc21. The molecule has 1 aliphatic heterocycles. The number of fused-ring (bicyclic) bond motifs is 3. The van der Waals surface area contributed by atoms with E-state index in [0.717, 1.165) is 11.8 Å². The molecule has 7 heteroatoms. The largest absolute Gasteiger partial charge is 0.460 e. The number of benzene rings is 1. The van der Waals surface area contributed by atoms with Crippen LogP contribution in [0.5, 0.6) is 5.75 Å². The molecule has 1 atom stereocenters. The average molecular weight is 292 g/mol. The van der Waals surface area contributed by atoms with Crippen molar-refractivity contribution in [3.63, 3.8) is 0 Å². The third-order valence-corrected chi connectivity index (χ3v) is 3.83. The van der Waals surface area contributed by atoms with E-state index in [9.17, 15) is 8.42 Å². The first kappa shape index (κ1) is 13.0. The number of para-hydroxylation sites is 1. The van der Waals surface area contributed by atoms with Crippen molar-refractivity contribution in [2.24, 2.45) is 0 Å². The predicted octanol–water partition coefficient (Wildman–Crippen LogP) is 1.58. The minimum Gasteiger partial charge on any atom is -0.460 e. The van der Waals surface area contributed by atoms with Crippen molar-refractivity contribution in [3.8, 4) is 17.0 Å². The average Bonchev–Trinajstić information content (AvgIpc) is 2.44. The zero-order valence-electron chi connectivity index (χ0n) is 10.9. The summed E-state index contributed by atoms with van der Waals surface area (Å²) in [6.07, 6.45) is 1.87. The molecule has 0 aliphatic carbocycles. The van der Waals surface area contributed by atoms with Crippen molar-refractivity contribution < 1.29 is 17.9 Å². The number of sulfone groups is 1. The van der Waals surface area contributed by atoms with Gasteiger partial charge in [0.05, 0.1) is 11.3 Å². The van der Waals surface area contributed by atoms with Gasteiger partial charge in [-0.15, -0.1) is 0 Å². The molecule has 0 spiro atoms. The summed E-state index contributed by atoms with van der Waals surface area (Å²) < 4.78 is 34.1. The fourth-order valence-electron chi connectivity index (χ4n) is 2.06. The van der Waals surface area contributed by atoms with Gasteiger partial charge in [-0.1, -0.05) is 12.1 Å². The normalized spacial score (nSPS) is 17.0. The van der Waals surface area contributed by atoms with Gasteiger partial charge in [0.25, 0.3) is 0 Å². The highest BCUT2D eigenvalue weighted by Crippen LogP contribution is 2.41. The van der Waals surface area contributed by atoms with Gasteiger partial charge in [0, 0.05) is 25.1 Å². The Morgan fingerprint density at radius 3 is 2.75 bits per heavy atom. The van der Waals surface area contributed by atoms with Crippen molar-refractivity contribution in [2.75, 3.05) is 13.4 Å². The Kier molecular flexibility index (Phi) is 2.95. The minimum absolute atomic E-state index is 0.206. The van der Waals surface area contributed by atoms with Gasteiger partial charge in [-0.2, -0.15) is 0 Å². The van der Waals surface area contributed by atoms with Gasteiger partial charge in [0.2, 0.25) is 21.3 Å². The van der Waals surface area contributed by atoms with Crippen LogP contribution in [0.15, 0.2) is 35.6 Å². The van der Waals surface area contributed by atoms with E-state index in [1.54, 1.807) is 6.07 Å². The lowest BCUT2D eigenvalue weighted by atomic mass is 10.0. The lowest BCUT2D eigenvalue weighted by molar-refractivity contribution is -0.0584. The van der Waals surface area contributed by atoms with Crippen molar-refractivity contribution >= 4 is 9.84 Å². The van der Waals surface area contributed by atoms with E-state index in [1.165, 1.54) is 13.3 Å². The minimum atomic E-state index is -3.47. The van der Waals surface area contributed by atoms with E-state index in [2.05, 4.69) is 9.97 Å². The molecule has 0 amide bonds. The second kappa shape index (κ2) is 4.53. The van der Waals surface area contributed by atoms with E-state index in [-0.39, 0.29) is 5.16 Å². The van der Waals surface area contributed by atoms with Crippen LogP contribution in [0.4, 0.5) is 0 Å². The first-order valence-corrected chi connectivity index (χ1v) is 7.75. The lowest BCUT2D eigenvalue weighted by Gasteiger charge is -2.26. The summed E-state index contributed by atoms with van der Waals surface area (Å²) in [4.78, 5) is 8.04. The van der Waals surface area contributed by atoms with Crippen LogP contribution < -0.4 is 4.74 Å². The number of hydrogen-bond acceptors (Lipinski definition) is 6. The first-order valence-electron chi connectivity index (χ1n) is 5.86. The smallest absolute Gasteiger partial charge is 0.247 e. The molecule has 3 rings (SSSR count). The number of hydrogen-bond donors (Lipinski definition) is 0. The highest BCUT2D eigenvalue weighted by molar-refractivity contribution is 7.90. The van der Waals surface area contributed by atoms with Gasteiger partial charge in [-0.25, -0.2) is 18.4 Å². The van der Waals surface area contributed by atoms with Crippen LogP contribution in [-0.4, -0.2) is 31.8 Å². The van der Waals surface area contributed by atoms with Gasteiger partial charge in [-0.05, 0) is 12.1 Å². The zero-order valence-corrected chi connectivity index (χ0v) is 11.7. The fourth-order valence-corrected chi connectivity index (χ4v) is 2.56. The molecule has 0 radical (unpaired) electrons. The third kappa shape index (κ3) is 2.04. The molecule has 0 N–H and O–H groups in total. The van der Waals surface area contributed by atoms with Crippen molar-refractivity contribution in [1.29, 1.82) is 0 Å². The summed E-state index contributed by atoms with van der Waals surface area (Å²) in [6, 6.07) is 7.27. The number of nitrogens with zero attached hydrogens (tertiary/aromatic N) is 2. The topological polar surface area (TPSA) is 78.4 Å². The first-order chi connectivity index (χ1) is 9.50. The van der Waals surface area contributed by atoms with Crippen LogP contribution in [-0.2, 0) is 14.6 Å². The number of aromatic nitrogens is 2. The third-order valence-electron chi connectivity index (χ3n) is 2.97. The summed E-state index contributed by atoms with van der Waals surface area (Å²) in [5.41, 5.74) is 1.86. The summed E-state index contributed by atoms with van der Waals surface area (Å²) >= 11 is 0. The van der Waals surface area contributed by atoms with Crippen LogP contribution in [0.3, 0.4) is 0 Å². The van der Waals surface area contributed by atoms with E-state index < -0.39 is 16.1 Å². The van der Waals surface area contributed by atoms with E-state index in [4.69, 9.17) is 9.47 Å². The highest BCUT2D eigenvalue weighted by Gasteiger charge is 2.29. The molecule has 2 aromatic rings. The molecule has 0 saturated carbocycles.